The minimum Gasteiger partial charge on any atom is -0.508 e. The summed E-state index contributed by atoms with van der Waals surface area (Å²) in [5.41, 5.74) is 1.13. The number of anilines is 1. The molecular formula is C31H33ClFN5O. The van der Waals surface area contributed by atoms with Gasteiger partial charge in [0.25, 0.3) is 0 Å². The summed E-state index contributed by atoms with van der Waals surface area (Å²) in [6.07, 6.45) is 6.35. The van der Waals surface area contributed by atoms with Gasteiger partial charge in [-0.25, -0.2) is 14.4 Å². The Balaban J connectivity index is 1.34. The topological polar surface area (TPSA) is 64.5 Å². The number of hydrogen-bond acceptors (Lipinski definition) is 6. The molecule has 202 valence electrons. The predicted molar refractivity (Wildman–Crippen MR) is 155 cm³/mol. The molecule has 0 amide bonds. The summed E-state index contributed by atoms with van der Waals surface area (Å²) in [6.45, 7) is 5.17. The molecule has 2 bridgehead atoms. The quantitative estimate of drug-likeness (QED) is 0.281. The Morgan fingerprint density at radius 2 is 1.79 bits per heavy atom. The number of aryl methyl sites for hydroxylation is 1. The highest BCUT2D eigenvalue weighted by Crippen LogP contribution is 2.42. The molecule has 8 heteroatoms. The SMILES string of the molecule is Oc1cc(-c2c(Cl)cc3c(N4CC5CCC(C4)N5)nc(CCCCN4CCC4)nc3c2F)c2ccccc2c1. The Labute approximate surface area is 232 Å². The van der Waals surface area contributed by atoms with E-state index in [9.17, 15) is 5.11 Å². The molecule has 4 aromatic rings. The molecule has 4 heterocycles. The number of phenols is 1. The Kier molecular flexibility index (Phi) is 6.53. The maximum atomic E-state index is 16.6. The molecule has 2 N–H and O–H groups in total. The first-order chi connectivity index (χ1) is 19.0. The standard InChI is InChI=1S/C31H33ClFN5O/c32-26-16-25-30(29(33)28(26)24-15-22(39)14-19-6-1-2-7-23(19)24)35-27(8-3-4-11-37-12-5-13-37)36-31(25)38-17-20-9-10-21(18-38)34-20/h1-2,6-7,14-16,20-21,34,39H,3-5,8-13,17-18H2. The highest BCUT2D eigenvalue weighted by Gasteiger charge is 2.34. The summed E-state index contributed by atoms with van der Waals surface area (Å²) in [7, 11) is 0. The number of halogens is 2. The van der Waals surface area contributed by atoms with Crippen LogP contribution in [0, 0.1) is 5.82 Å². The zero-order chi connectivity index (χ0) is 26.5. The van der Waals surface area contributed by atoms with Crippen molar-refractivity contribution in [1.29, 1.82) is 0 Å². The first-order valence-electron chi connectivity index (χ1n) is 14.2. The van der Waals surface area contributed by atoms with E-state index in [1.165, 1.54) is 19.5 Å². The van der Waals surface area contributed by atoms with Gasteiger partial charge in [0.15, 0.2) is 5.82 Å². The van der Waals surface area contributed by atoms with Gasteiger partial charge in [0.05, 0.1) is 5.02 Å². The number of aromatic nitrogens is 2. The molecule has 2 atom stereocenters. The number of hydrogen-bond donors (Lipinski definition) is 2. The van der Waals surface area contributed by atoms with Gasteiger partial charge < -0.3 is 20.2 Å². The number of benzene rings is 3. The molecule has 3 aliphatic heterocycles. The van der Waals surface area contributed by atoms with Crippen LogP contribution in [0.4, 0.5) is 10.2 Å². The van der Waals surface area contributed by atoms with Crippen LogP contribution in [-0.4, -0.2) is 64.8 Å². The summed E-state index contributed by atoms with van der Waals surface area (Å²) < 4.78 is 16.6. The van der Waals surface area contributed by atoms with E-state index in [1.807, 2.05) is 30.3 Å². The number of unbranched alkanes of at least 4 members (excludes halogenated alkanes) is 1. The average molecular weight is 546 g/mol. The second-order valence-corrected chi connectivity index (χ2v) is 11.7. The van der Waals surface area contributed by atoms with Gasteiger partial charge in [-0.3, -0.25) is 0 Å². The summed E-state index contributed by atoms with van der Waals surface area (Å²) in [5.74, 6) is 1.07. The molecule has 0 aliphatic carbocycles. The van der Waals surface area contributed by atoms with Crippen molar-refractivity contribution < 1.29 is 9.50 Å². The van der Waals surface area contributed by atoms with Gasteiger partial charge in [-0.2, -0.15) is 0 Å². The lowest BCUT2D eigenvalue weighted by atomic mass is 9.96. The normalized spacial score (nSPS) is 21.1. The van der Waals surface area contributed by atoms with E-state index >= 15 is 4.39 Å². The number of rotatable bonds is 7. The van der Waals surface area contributed by atoms with Crippen molar-refractivity contribution >= 4 is 39.1 Å². The Hall–Kier alpha value is -3.00. The molecule has 7 rings (SSSR count). The van der Waals surface area contributed by atoms with Crippen LogP contribution in [0.3, 0.4) is 0 Å². The number of nitrogens with zero attached hydrogens (tertiary/aromatic N) is 4. The molecule has 3 fully saturated rings. The third-order valence-corrected chi connectivity index (χ3v) is 8.91. The van der Waals surface area contributed by atoms with Crippen LogP contribution < -0.4 is 10.2 Å². The molecule has 6 nitrogen and oxygen atoms in total. The van der Waals surface area contributed by atoms with Crippen molar-refractivity contribution in [2.24, 2.45) is 0 Å². The average Bonchev–Trinajstić information content (AvgIpc) is 3.24. The van der Waals surface area contributed by atoms with Crippen molar-refractivity contribution in [2.75, 3.05) is 37.6 Å². The molecular weight excluding hydrogens is 513 g/mol. The van der Waals surface area contributed by atoms with Gasteiger partial charge in [-0.1, -0.05) is 35.9 Å². The summed E-state index contributed by atoms with van der Waals surface area (Å²) in [5, 5.41) is 16.7. The van der Waals surface area contributed by atoms with Crippen molar-refractivity contribution in [1.82, 2.24) is 20.2 Å². The van der Waals surface area contributed by atoms with E-state index in [1.54, 1.807) is 12.1 Å². The fourth-order valence-electron chi connectivity index (χ4n) is 6.52. The van der Waals surface area contributed by atoms with Crippen LogP contribution in [0.15, 0.2) is 42.5 Å². The second kappa shape index (κ2) is 10.2. The number of aromatic hydroxyl groups is 1. The van der Waals surface area contributed by atoms with Crippen LogP contribution in [0.5, 0.6) is 5.75 Å². The highest BCUT2D eigenvalue weighted by molar-refractivity contribution is 6.35. The molecule has 1 aromatic heterocycles. The lowest BCUT2D eigenvalue weighted by molar-refractivity contribution is 0.178. The van der Waals surface area contributed by atoms with Crippen LogP contribution in [0.25, 0.3) is 32.8 Å². The Morgan fingerprint density at radius 3 is 2.56 bits per heavy atom. The Bertz CT molecular complexity index is 1550. The lowest BCUT2D eigenvalue weighted by Crippen LogP contribution is -2.51. The molecule has 0 spiro atoms. The van der Waals surface area contributed by atoms with Gasteiger partial charge in [-0.05, 0) is 86.3 Å². The summed E-state index contributed by atoms with van der Waals surface area (Å²) in [4.78, 5) is 14.6. The molecule has 39 heavy (non-hydrogen) atoms. The van der Waals surface area contributed by atoms with E-state index < -0.39 is 5.82 Å². The largest absolute Gasteiger partial charge is 0.508 e. The van der Waals surface area contributed by atoms with Crippen molar-refractivity contribution in [3.05, 3.63) is 59.1 Å². The number of fused-ring (bicyclic) bond motifs is 4. The van der Waals surface area contributed by atoms with E-state index in [0.717, 1.165) is 61.9 Å². The zero-order valence-electron chi connectivity index (χ0n) is 22.0. The molecule has 3 saturated heterocycles. The van der Waals surface area contributed by atoms with Crippen LogP contribution in [0.2, 0.25) is 5.02 Å². The third-order valence-electron chi connectivity index (χ3n) is 8.61. The number of nitrogens with one attached hydrogen (secondary N) is 1. The van der Waals surface area contributed by atoms with Crippen molar-refractivity contribution in [3.8, 4) is 16.9 Å². The minimum absolute atomic E-state index is 0.0711. The van der Waals surface area contributed by atoms with Crippen molar-refractivity contribution in [3.63, 3.8) is 0 Å². The van der Waals surface area contributed by atoms with E-state index in [2.05, 4.69) is 15.1 Å². The van der Waals surface area contributed by atoms with E-state index in [-0.39, 0.29) is 11.3 Å². The smallest absolute Gasteiger partial charge is 0.158 e. The molecule has 0 radical (unpaired) electrons. The molecule has 2 unspecified atom stereocenters. The molecule has 3 aromatic carbocycles. The lowest BCUT2D eigenvalue weighted by Gasteiger charge is -2.34. The second-order valence-electron chi connectivity index (χ2n) is 11.3. The maximum absolute atomic E-state index is 16.6. The first kappa shape index (κ1) is 25.0. The molecule has 3 aliphatic rings. The van der Waals surface area contributed by atoms with Gasteiger partial charge >= 0.3 is 0 Å². The van der Waals surface area contributed by atoms with Crippen LogP contribution >= 0.6 is 11.6 Å². The summed E-state index contributed by atoms with van der Waals surface area (Å²) >= 11 is 6.85. The minimum atomic E-state index is -0.461. The zero-order valence-corrected chi connectivity index (χ0v) is 22.7. The highest BCUT2D eigenvalue weighted by atomic mass is 35.5. The van der Waals surface area contributed by atoms with Gasteiger partial charge in [0, 0.05) is 42.5 Å². The fourth-order valence-corrected chi connectivity index (χ4v) is 6.81. The number of piperazine rings is 1. The van der Waals surface area contributed by atoms with Gasteiger partial charge in [0.1, 0.15) is 22.9 Å². The Morgan fingerprint density at radius 1 is 1.00 bits per heavy atom. The number of phenolic OH excluding ortho intramolecular Hbond substituents is 1. The number of likely N-dealkylation sites (tertiary alicyclic amines) is 1. The van der Waals surface area contributed by atoms with Gasteiger partial charge in [-0.15, -0.1) is 0 Å². The fraction of sp³-hybridized carbons (Fsp3) is 0.419. The van der Waals surface area contributed by atoms with Crippen LogP contribution in [0.1, 0.15) is 37.9 Å². The third kappa shape index (κ3) is 4.71. The van der Waals surface area contributed by atoms with E-state index in [4.69, 9.17) is 21.6 Å². The van der Waals surface area contributed by atoms with Crippen molar-refractivity contribution in [2.45, 2.75) is 50.6 Å². The van der Waals surface area contributed by atoms with Gasteiger partial charge in [0.2, 0.25) is 0 Å². The monoisotopic (exact) mass is 545 g/mol. The maximum Gasteiger partial charge on any atom is 0.158 e. The first-order valence-corrected chi connectivity index (χ1v) is 14.6. The predicted octanol–water partition coefficient (Wildman–Crippen LogP) is 5.92. The van der Waals surface area contributed by atoms with Crippen LogP contribution in [-0.2, 0) is 6.42 Å². The van der Waals surface area contributed by atoms with E-state index in [0.29, 0.717) is 45.8 Å². The molecule has 0 saturated carbocycles. The summed E-state index contributed by atoms with van der Waals surface area (Å²) in [6, 6.07) is 13.6.